The minimum Gasteiger partial charge on any atom is -0.0654 e. The van der Waals surface area contributed by atoms with E-state index in [1.165, 1.54) is 25.7 Å². The van der Waals surface area contributed by atoms with Gasteiger partial charge in [0.1, 0.15) is 0 Å². The SMILES string of the molecule is CCCC1C(C)C1CCC. The molecule has 0 spiro atoms. The van der Waals surface area contributed by atoms with Gasteiger partial charge in [-0.05, 0) is 17.8 Å². The van der Waals surface area contributed by atoms with Gasteiger partial charge in [0.15, 0.2) is 0 Å². The molecule has 0 aromatic rings. The van der Waals surface area contributed by atoms with E-state index >= 15 is 0 Å². The van der Waals surface area contributed by atoms with E-state index in [2.05, 4.69) is 20.8 Å². The van der Waals surface area contributed by atoms with Gasteiger partial charge in [-0.25, -0.2) is 0 Å². The van der Waals surface area contributed by atoms with Crippen LogP contribution in [0.25, 0.3) is 0 Å². The van der Waals surface area contributed by atoms with Crippen molar-refractivity contribution in [3.63, 3.8) is 0 Å². The molecular formula is C10H20. The predicted octanol–water partition coefficient (Wildman–Crippen LogP) is 3.47. The molecule has 1 rings (SSSR count). The zero-order chi connectivity index (χ0) is 7.56. The van der Waals surface area contributed by atoms with Crippen LogP contribution in [0, 0.1) is 17.8 Å². The molecule has 0 bridgehead atoms. The fourth-order valence-electron chi connectivity index (χ4n) is 2.26. The maximum atomic E-state index is 2.42. The summed E-state index contributed by atoms with van der Waals surface area (Å²) in [6, 6.07) is 0. The molecule has 0 aliphatic heterocycles. The molecule has 0 radical (unpaired) electrons. The van der Waals surface area contributed by atoms with E-state index in [9.17, 15) is 0 Å². The van der Waals surface area contributed by atoms with Gasteiger partial charge in [0.2, 0.25) is 0 Å². The molecular weight excluding hydrogens is 120 g/mol. The van der Waals surface area contributed by atoms with Crippen LogP contribution in [0.2, 0.25) is 0 Å². The van der Waals surface area contributed by atoms with Crippen molar-refractivity contribution in [1.29, 1.82) is 0 Å². The highest BCUT2D eigenvalue weighted by Gasteiger charge is 2.43. The molecule has 0 N–H and O–H groups in total. The molecule has 1 aliphatic carbocycles. The monoisotopic (exact) mass is 140 g/mol. The Labute approximate surface area is 65.0 Å². The fraction of sp³-hybridized carbons (Fsp3) is 1.00. The molecule has 2 atom stereocenters. The van der Waals surface area contributed by atoms with E-state index in [0.29, 0.717) is 0 Å². The van der Waals surface area contributed by atoms with Gasteiger partial charge in [0, 0.05) is 0 Å². The maximum absolute atomic E-state index is 2.42. The van der Waals surface area contributed by atoms with Crippen LogP contribution in [0.5, 0.6) is 0 Å². The van der Waals surface area contributed by atoms with Crippen molar-refractivity contribution in [3.05, 3.63) is 0 Å². The summed E-state index contributed by atoms with van der Waals surface area (Å²) in [4.78, 5) is 0. The summed E-state index contributed by atoms with van der Waals surface area (Å²) in [5.74, 6) is 3.26. The Morgan fingerprint density at radius 2 is 1.30 bits per heavy atom. The Morgan fingerprint density at radius 1 is 0.900 bits per heavy atom. The normalized spacial score (nSPS) is 38.1. The van der Waals surface area contributed by atoms with Crippen molar-refractivity contribution >= 4 is 0 Å². The van der Waals surface area contributed by atoms with Crippen LogP contribution < -0.4 is 0 Å². The van der Waals surface area contributed by atoms with E-state index < -0.39 is 0 Å². The van der Waals surface area contributed by atoms with Crippen molar-refractivity contribution in [2.75, 3.05) is 0 Å². The summed E-state index contributed by atoms with van der Waals surface area (Å²) in [7, 11) is 0. The molecule has 0 amide bonds. The van der Waals surface area contributed by atoms with E-state index in [4.69, 9.17) is 0 Å². The van der Waals surface area contributed by atoms with Crippen molar-refractivity contribution in [3.8, 4) is 0 Å². The zero-order valence-corrected chi connectivity index (χ0v) is 7.56. The number of hydrogen-bond acceptors (Lipinski definition) is 0. The van der Waals surface area contributed by atoms with Crippen molar-refractivity contribution < 1.29 is 0 Å². The third-order valence-corrected chi connectivity index (χ3v) is 3.00. The topological polar surface area (TPSA) is 0 Å². The molecule has 2 unspecified atom stereocenters. The van der Waals surface area contributed by atoms with E-state index in [0.717, 1.165) is 17.8 Å². The lowest BCUT2D eigenvalue weighted by atomic mass is 10.1. The number of rotatable bonds is 4. The second-order valence-electron chi connectivity index (χ2n) is 3.76. The van der Waals surface area contributed by atoms with Gasteiger partial charge >= 0.3 is 0 Å². The summed E-state index contributed by atoms with van der Waals surface area (Å²) in [6.07, 6.45) is 5.72. The van der Waals surface area contributed by atoms with Crippen LogP contribution in [0.4, 0.5) is 0 Å². The van der Waals surface area contributed by atoms with Gasteiger partial charge in [-0.2, -0.15) is 0 Å². The van der Waals surface area contributed by atoms with Crippen LogP contribution in [0.15, 0.2) is 0 Å². The predicted molar refractivity (Wildman–Crippen MR) is 46.0 cm³/mol. The fourth-order valence-corrected chi connectivity index (χ4v) is 2.26. The summed E-state index contributed by atoms with van der Waals surface area (Å²) in [5.41, 5.74) is 0. The average molecular weight is 140 g/mol. The Hall–Kier alpha value is 0. The first-order chi connectivity index (χ1) is 4.81. The lowest BCUT2D eigenvalue weighted by Gasteiger charge is -1.92. The molecule has 1 fully saturated rings. The molecule has 0 heteroatoms. The van der Waals surface area contributed by atoms with Gasteiger partial charge in [-0.15, -0.1) is 0 Å². The van der Waals surface area contributed by atoms with E-state index in [-0.39, 0.29) is 0 Å². The van der Waals surface area contributed by atoms with E-state index in [1.54, 1.807) is 0 Å². The maximum Gasteiger partial charge on any atom is -0.0355 e. The number of hydrogen-bond donors (Lipinski definition) is 0. The summed E-state index contributed by atoms with van der Waals surface area (Å²) in [5, 5.41) is 0. The third kappa shape index (κ3) is 1.53. The van der Waals surface area contributed by atoms with Crippen LogP contribution in [-0.4, -0.2) is 0 Å². The minimum atomic E-state index is 1.06. The molecule has 0 aromatic carbocycles. The molecule has 0 nitrogen and oxygen atoms in total. The van der Waals surface area contributed by atoms with Crippen molar-refractivity contribution in [2.24, 2.45) is 17.8 Å². The van der Waals surface area contributed by atoms with E-state index in [1.807, 2.05) is 0 Å². The quantitative estimate of drug-likeness (QED) is 0.561. The van der Waals surface area contributed by atoms with Crippen LogP contribution in [0.3, 0.4) is 0 Å². The summed E-state index contributed by atoms with van der Waals surface area (Å²) < 4.78 is 0. The Balaban J connectivity index is 2.14. The van der Waals surface area contributed by atoms with Crippen LogP contribution >= 0.6 is 0 Å². The second-order valence-corrected chi connectivity index (χ2v) is 3.76. The van der Waals surface area contributed by atoms with Gasteiger partial charge in [-0.1, -0.05) is 46.5 Å². The van der Waals surface area contributed by atoms with Crippen molar-refractivity contribution in [1.82, 2.24) is 0 Å². The lowest BCUT2D eigenvalue weighted by Crippen LogP contribution is -1.80. The minimum absolute atomic E-state index is 1.06. The Bertz CT molecular complexity index is 84.2. The highest BCUT2D eigenvalue weighted by atomic mass is 14.5. The first-order valence-corrected chi connectivity index (χ1v) is 4.81. The zero-order valence-electron chi connectivity index (χ0n) is 7.56. The first-order valence-electron chi connectivity index (χ1n) is 4.81. The lowest BCUT2D eigenvalue weighted by molar-refractivity contribution is 0.593. The van der Waals surface area contributed by atoms with Gasteiger partial charge in [0.05, 0.1) is 0 Å². The molecule has 1 saturated carbocycles. The smallest absolute Gasteiger partial charge is 0.0355 e. The molecule has 0 heterocycles. The average Bonchev–Trinajstić information content (AvgIpc) is 2.48. The first kappa shape index (κ1) is 8.10. The molecule has 1 aliphatic rings. The Morgan fingerprint density at radius 3 is 1.60 bits per heavy atom. The summed E-state index contributed by atoms with van der Waals surface area (Å²) in [6.45, 7) is 7.02. The molecule has 0 saturated heterocycles. The molecule has 0 aromatic heterocycles. The largest absolute Gasteiger partial charge is 0.0654 e. The van der Waals surface area contributed by atoms with Crippen LogP contribution in [0.1, 0.15) is 46.5 Å². The van der Waals surface area contributed by atoms with Crippen molar-refractivity contribution in [2.45, 2.75) is 46.5 Å². The van der Waals surface area contributed by atoms with Gasteiger partial charge in [0.25, 0.3) is 0 Å². The standard InChI is InChI=1S/C10H20/c1-4-6-9-8(3)10(9)7-5-2/h8-10H,4-7H2,1-3H3. The Kier molecular flexibility index (Phi) is 2.76. The highest BCUT2D eigenvalue weighted by Crippen LogP contribution is 2.51. The highest BCUT2D eigenvalue weighted by molar-refractivity contribution is 4.92. The van der Waals surface area contributed by atoms with Gasteiger partial charge in [-0.3, -0.25) is 0 Å². The van der Waals surface area contributed by atoms with Gasteiger partial charge < -0.3 is 0 Å². The molecule has 60 valence electrons. The summed E-state index contributed by atoms with van der Waals surface area (Å²) >= 11 is 0. The molecule has 10 heavy (non-hydrogen) atoms. The van der Waals surface area contributed by atoms with Crippen LogP contribution in [-0.2, 0) is 0 Å². The second kappa shape index (κ2) is 3.41. The third-order valence-electron chi connectivity index (χ3n) is 3.00.